The molecule has 0 saturated carbocycles. The highest BCUT2D eigenvalue weighted by atomic mass is 16.2. The molecule has 1 unspecified atom stereocenters. The Morgan fingerprint density at radius 2 is 2.15 bits per heavy atom. The molecule has 1 aromatic carbocycles. The van der Waals surface area contributed by atoms with Crippen molar-refractivity contribution in [2.75, 3.05) is 0 Å². The first-order valence-electron chi connectivity index (χ1n) is 6.58. The van der Waals surface area contributed by atoms with E-state index in [2.05, 4.69) is 16.5 Å². The Morgan fingerprint density at radius 1 is 1.40 bits per heavy atom. The van der Waals surface area contributed by atoms with E-state index < -0.39 is 6.04 Å². The van der Waals surface area contributed by atoms with E-state index in [0.29, 0.717) is 5.56 Å². The van der Waals surface area contributed by atoms with Gasteiger partial charge >= 0.3 is 0 Å². The number of carbonyl (C=O) groups is 1. The molecule has 5 nitrogen and oxygen atoms in total. The summed E-state index contributed by atoms with van der Waals surface area (Å²) in [7, 11) is 1.80. The fourth-order valence-electron chi connectivity index (χ4n) is 2.08. The van der Waals surface area contributed by atoms with Crippen LogP contribution in [0.3, 0.4) is 0 Å². The predicted octanol–water partition coefficient (Wildman–Crippen LogP) is 1.61. The van der Waals surface area contributed by atoms with Gasteiger partial charge in [-0.25, -0.2) is 0 Å². The zero-order chi connectivity index (χ0) is 14.7. The number of rotatable bonds is 4. The summed E-state index contributed by atoms with van der Waals surface area (Å²) in [6.07, 6.45) is 3.36. The molecule has 1 heterocycles. The van der Waals surface area contributed by atoms with Gasteiger partial charge in [0.2, 0.25) is 5.91 Å². The van der Waals surface area contributed by atoms with Crippen LogP contribution in [0.25, 0.3) is 0 Å². The summed E-state index contributed by atoms with van der Waals surface area (Å²) in [5, 5.41) is 6.96. The Balaban J connectivity index is 2.04. The number of nitrogens with one attached hydrogen (secondary N) is 1. The summed E-state index contributed by atoms with van der Waals surface area (Å²) in [6.45, 7) is 3.97. The first-order chi connectivity index (χ1) is 9.47. The van der Waals surface area contributed by atoms with Crippen LogP contribution in [0.5, 0.6) is 0 Å². The summed E-state index contributed by atoms with van der Waals surface area (Å²) in [5.74, 6) is -0.202. The quantitative estimate of drug-likeness (QED) is 0.888. The number of nitrogens with two attached hydrogens (primary N) is 1. The Labute approximate surface area is 118 Å². The van der Waals surface area contributed by atoms with Gasteiger partial charge in [0.15, 0.2) is 0 Å². The molecule has 0 bridgehead atoms. The number of hydrogen-bond donors (Lipinski definition) is 2. The van der Waals surface area contributed by atoms with Gasteiger partial charge in [0, 0.05) is 18.8 Å². The van der Waals surface area contributed by atoms with Crippen molar-refractivity contribution < 1.29 is 4.79 Å². The molecule has 3 N–H and O–H groups in total. The van der Waals surface area contributed by atoms with Crippen LogP contribution in [0.4, 0.5) is 0 Å². The molecule has 20 heavy (non-hydrogen) atoms. The normalized spacial score (nSPS) is 13.8. The van der Waals surface area contributed by atoms with Gasteiger partial charge in [0.1, 0.15) is 6.04 Å². The van der Waals surface area contributed by atoms with Crippen LogP contribution in [-0.4, -0.2) is 15.7 Å². The predicted molar refractivity (Wildman–Crippen MR) is 77.9 cm³/mol. The summed E-state index contributed by atoms with van der Waals surface area (Å²) >= 11 is 0. The van der Waals surface area contributed by atoms with Gasteiger partial charge in [-0.1, -0.05) is 29.8 Å². The number of aromatic nitrogens is 2. The van der Waals surface area contributed by atoms with Crippen molar-refractivity contribution in [3.05, 3.63) is 53.3 Å². The zero-order valence-electron chi connectivity index (χ0n) is 12.0. The van der Waals surface area contributed by atoms with Gasteiger partial charge in [-0.05, 0) is 19.4 Å². The molecular weight excluding hydrogens is 252 g/mol. The van der Waals surface area contributed by atoms with Crippen LogP contribution in [0.1, 0.15) is 35.7 Å². The first kappa shape index (κ1) is 14.3. The van der Waals surface area contributed by atoms with Crippen LogP contribution in [0.15, 0.2) is 36.7 Å². The Kier molecular flexibility index (Phi) is 4.20. The number of carbonyl (C=O) groups excluding carboxylic acids is 1. The molecule has 0 saturated heterocycles. The van der Waals surface area contributed by atoms with Crippen LogP contribution in [0, 0.1) is 6.92 Å². The van der Waals surface area contributed by atoms with Crippen LogP contribution < -0.4 is 11.1 Å². The van der Waals surface area contributed by atoms with E-state index in [4.69, 9.17) is 5.73 Å². The van der Waals surface area contributed by atoms with Gasteiger partial charge in [-0.2, -0.15) is 5.10 Å². The second kappa shape index (κ2) is 5.88. The van der Waals surface area contributed by atoms with Crippen molar-refractivity contribution in [1.82, 2.24) is 15.1 Å². The largest absolute Gasteiger partial charge is 0.348 e. The summed E-state index contributed by atoms with van der Waals surface area (Å²) in [4.78, 5) is 12.1. The highest BCUT2D eigenvalue weighted by Gasteiger charge is 2.19. The third-order valence-electron chi connectivity index (χ3n) is 3.27. The van der Waals surface area contributed by atoms with Gasteiger partial charge in [-0.3, -0.25) is 9.48 Å². The molecule has 2 rings (SSSR count). The molecule has 2 atom stereocenters. The average Bonchev–Trinajstić information content (AvgIpc) is 2.84. The van der Waals surface area contributed by atoms with Gasteiger partial charge in [0.25, 0.3) is 0 Å². The van der Waals surface area contributed by atoms with Crippen LogP contribution >= 0.6 is 0 Å². The number of hydrogen-bond acceptors (Lipinski definition) is 3. The number of benzene rings is 1. The highest BCUT2D eigenvalue weighted by Crippen LogP contribution is 2.16. The van der Waals surface area contributed by atoms with E-state index >= 15 is 0 Å². The van der Waals surface area contributed by atoms with E-state index in [1.54, 1.807) is 24.1 Å². The maximum absolute atomic E-state index is 12.1. The topological polar surface area (TPSA) is 72.9 Å². The Hall–Kier alpha value is -2.14. The lowest BCUT2D eigenvalue weighted by Crippen LogP contribution is -2.35. The second-order valence-corrected chi connectivity index (χ2v) is 5.07. The maximum Gasteiger partial charge on any atom is 0.242 e. The molecule has 0 spiro atoms. The lowest BCUT2D eigenvalue weighted by Gasteiger charge is -2.17. The standard InChI is InChI=1S/C15H20N4O/c1-10-5-4-6-12(7-10)11(2)18-15(20)14(16)13-8-17-19(3)9-13/h4-9,11,14H,16H2,1-3H3,(H,18,20)/t11-,14?/m0/s1. The van der Waals surface area contributed by atoms with Crippen molar-refractivity contribution in [2.24, 2.45) is 12.8 Å². The fraction of sp³-hybridized carbons (Fsp3) is 0.333. The first-order valence-corrected chi connectivity index (χ1v) is 6.58. The molecule has 2 aromatic rings. The van der Waals surface area contributed by atoms with Crippen molar-refractivity contribution >= 4 is 5.91 Å². The smallest absolute Gasteiger partial charge is 0.242 e. The van der Waals surface area contributed by atoms with E-state index in [-0.39, 0.29) is 11.9 Å². The van der Waals surface area contributed by atoms with Crippen molar-refractivity contribution in [3.63, 3.8) is 0 Å². The number of nitrogens with zero attached hydrogens (tertiary/aromatic N) is 2. The monoisotopic (exact) mass is 272 g/mol. The summed E-state index contributed by atoms with van der Waals surface area (Å²) in [6, 6.07) is 7.28. The van der Waals surface area contributed by atoms with Crippen molar-refractivity contribution in [3.8, 4) is 0 Å². The summed E-state index contributed by atoms with van der Waals surface area (Å²) in [5.41, 5.74) is 8.89. The van der Waals surface area contributed by atoms with Crippen molar-refractivity contribution in [1.29, 1.82) is 0 Å². The van der Waals surface area contributed by atoms with Crippen LogP contribution in [0.2, 0.25) is 0 Å². The lowest BCUT2D eigenvalue weighted by molar-refractivity contribution is -0.123. The third-order valence-corrected chi connectivity index (χ3v) is 3.27. The highest BCUT2D eigenvalue weighted by molar-refractivity contribution is 5.83. The molecule has 0 aliphatic carbocycles. The number of amides is 1. The average molecular weight is 272 g/mol. The lowest BCUT2D eigenvalue weighted by atomic mass is 10.0. The van der Waals surface area contributed by atoms with Crippen LogP contribution in [-0.2, 0) is 11.8 Å². The minimum absolute atomic E-state index is 0.0786. The molecule has 5 heteroatoms. The maximum atomic E-state index is 12.1. The minimum Gasteiger partial charge on any atom is -0.348 e. The van der Waals surface area contributed by atoms with E-state index in [1.165, 1.54) is 5.56 Å². The SMILES string of the molecule is Cc1cccc([C@H](C)NC(=O)C(N)c2cnn(C)c2)c1. The molecule has 0 radical (unpaired) electrons. The molecule has 0 aliphatic heterocycles. The molecule has 106 valence electrons. The Bertz CT molecular complexity index is 605. The summed E-state index contributed by atoms with van der Waals surface area (Å²) < 4.78 is 1.63. The second-order valence-electron chi connectivity index (χ2n) is 5.07. The molecule has 0 aliphatic rings. The van der Waals surface area contributed by atoms with E-state index in [9.17, 15) is 4.79 Å². The third kappa shape index (κ3) is 3.24. The molecule has 1 amide bonds. The Morgan fingerprint density at radius 3 is 2.75 bits per heavy atom. The number of aryl methyl sites for hydroxylation is 2. The van der Waals surface area contributed by atoms with Gasteiger partial charge in [-0.15, -0.1) is 0 Å². The van der Waals surface area contributed by atoms with Crippen molar-refractivity contribution in [2.45, 2.75) is 25.9 Å². The van der Waals surface area contributed by atoms with E-state index in [1.807, 2.05) is 32.0 Å². The van der Waals surface area contributed by atoms with E-state index in [0.717, 1.165) is 5.56 Å². The van der Waals surface area contributed by atoms with Gasteiger partial charge < -0.3 is 11.1 Å². The minimum atomic E-state index is -0.698. The zero-order valence-corrected chi connectivity index (χ0v) is 12.0. The molecular formula is C15H20N4O. The molecule has 1 aromatic heterocycles. The fourth-order valence-corrected chi connectivity index (χ4v) is 2.08. The molecule has 0 fully saturated rings. The van der Waals surface area contributed by atoms with Gasteiger partial charge in [0.05, 0.1) is 12.2 Å².